The summed E-state index contributed by atoms with van der Waals surface area (Å²) in [5.74, 6) is 0. The molecule has 1 rings (SSSR count). The molecule has 3 heteroatoms. The van der Waals surface area contributed by atoms with E-state index in [0.717, 1.165) is 6.61 Å². The van der Waals surface area contributed by atoms with Crippen molar-refractivity contribution in [2.24, 2.45) is 0 Å². The second-order valence-corrected chi connectivity index (χ2v) is 3.20. The second-order valence-electron chi connectivity index (χ2n) is 1.67. The summed E-state index contributed by atoms with van der Waals surface area (Å²) in [7, 11) is 0.00849. The minimum atomic E-state index is 0. The summed E-state index contributed by atoms with van der Waals surface area (Å²) in [5, 5.41) is 0. The van der Waals surface area contributed by atoms with Crippen LogP contribution in [0.25, 0.3) is 0 Å². The molecule has 7 heavy (non-hydrogen) atoms. The molecular formula is C4H12OPbSi. The molecule has 0 aromatic heterocycles. The summed E-state index contributed by atoms with van der Waals surface area (Å²) in [6.45, 7) is 1.06. The Morgan fingerprint density at radius 3 is 2.29 bits per heavy atom. The molecule has 0 atom stereocenters. The van der Waals surface area contributed by atoms with E-state index >= 15 is 0 Å². The average Bonchev–Trinajstić information content (AvgIpc) is 1.72. The standard InChI is InChI=1S/C4H10OSi.Pb.2H/c1-2-4-6-5-3-1;;;/h1-4,6H2;;;. The van der Waals surface area contributed by atoms with Gasteiger partial charge in [-0.15, -0.1) is 0 Å². The second kappa shape index (κ2) is 5.24. The van der Waals surface area contributed by atoms with Gasteiger partial charge in [0.2, 0.25) is 0 Å². The number of hydrogen-bond donors (Lipinski definition) is 0. The molecular weight excluding hydrogens is 299 g/mol. The normalized spacial score (nSPS) is 24.0. The molecule has 0 aromatic carbocycles. The summed E-state index contributed by atoms with van der Waals surface area (Å²) in [4.78, 5) is 0. The van der Waals surface area contributed by atoms with Crippen LogP contribution in [-0.2, 0) is 4.43 Å². The van der Waals surface area contributed by atoms with E-state index in [-0.39, 0.29) is 37.1 Å². The Hall–Kier alpha value is 1.10. The van der Waals surface area contributed by atoms with Gasteiger partial charge in [-0.3, -0.25) is 0 Å². The Morgan fingerprint density at radius 2 is 2.14 bits per heavy atom. The molecule has 1 heterocycles. The van der Waals surface area contributed by atoms with Crippen LogP contribution in [0.3, 0.4) is 0 Å². The minimum absolute atomic E-state index is 0. The van der Waals surface area contributed by atoms with Crippen molar-refractivity contribution in [1.29, 1.82) is 0 Å². The van der Waals surface area contributed by atoms with E-state index in [0.29, 0.717) is 0 Å². The Balaban J connectivity index is 0.000000360. The van der Waals surface area contributed by atoms with E-state index in [1.54, 1.807) is 0 Å². The van der Waals surface area contributed by atoms with Crippen molar-refractivity contribution < 1.29 is 4.43 Å². The van der Waals surface area contributed by atoms with Crippen LogP contribution in [0.15, 0.2) is 0 Å². The summed E-state index contributed by atoms with van der Waals surface area (Å²) in [6, 6.07) is 1.42. The third-order valence-corrected chi connectivity index (χ3v) is 2.44. The average molecular weight is 311 g/mol. The zero-order valence-electron chi connectivity index (χ0n) is 4.65. The molecule has 1 nitrogen and oxygen atoms in total. The molecule has 0 amide bonds. The van der Waals surface area contributed by atoms with Gasteiger partial charge in [0.15, 0.2) is 9.76 Å². The zero-order chi connectivity index (χ0) is 4.24. The van der Waals surface area contributed by atoms with E-state index in [4.69, 9.17) is 4.43 Å². The van der Waals surface area contributed by atoms with E-state index < -0.39 is 0 Å². The van der Waals surface area contributed by atoms with Gasteiger partial charge < -0.3 is 4.43 Å². The van der Waals surface area contributed by atoms with E-state index in [1.807, 2.05) is 0 Å². The third kappa shape index (κ3) is 3.66. The van der Waals surface area contributed by atoms with Gasteiger partial charge in [0.25, 0.3) is 0 Å². The maximum absolute atomic E-state index is 5.21. The first kappa shape index (κ1) is 8.10. The van der Waals surface area contributed by atoms with Gasteiger partial charge in [-0.2, -0.15) is 0 Å². The molecule has 2 radical (unpaired) electrons. The Bertz CT molecular complexity index is 27.2. The molecule has 1 saturated heterocycles. The summed E-state index contributed by atoms with van der Waals surface area (Å²) < 4.78 is 5.21. The third-order valence-electron chi connectivity index (χ3n) is 1.08. The molecule has 1 aliphatic rings. The van der Waals surface area contributed by atoms with Gasteiger partial charge in [0.1, 0.15) is 0 Å². The van der Waals surface area contributed by atoms with Gasteiger partial charge in [-0.25, -0.2) is 0 Å². The van der Waals surface area contributed by atoms with Crippen LogP contribution >= 0.6 is 0 Å². The fourth-order valence-electron chi connectivity index (χ4n) is 0.687. The molecule has 0 N–H and O–H groups in total. The molecule has 0 unspecified atom stereocenters. The fourth-order valence-corrected chi connectivity index (χ4v) is 1.86. The predicted octanol–water partition coefficient (Wildman–Crippen LogP) is -0.617. The first-order valence-corrected chi connectivity index (χ1v) is 4.15. The van der Waals surface area contributed by atoms with Gasteiger partial charge in [0.05, 0.1) is 0 Å². The van der Waals surface area contributed by atoms with Gasteiger partial charge in [-0.05, 0) is 12.5 Å². The molecule has 1 fully saturated rings. The van der Waals surface area contributed by atoms with Crippen molar-refractivity contribution in [2.75, 3.05) is 6.61 Å². The molecule has 0 aromatic rings. The van der Waals surface area contributed by atoms with Gasteiger partial charge in [0, 0.05) is 6.61 Å². The monoisotopic (exact) mass is 312 g/mol. The van der Waals surface area contributed by atoms with Crippen LogP contribution < -0.4 is 0 Å². The Kier molecular flexibility index (Phi) is 6.06. The van der Waals surface area contributed by atoms with Gasteiger partial charge >= 0.3 is 27.3 Å². The summed E-state index contributed by atoms with van der Waals surface area (Å²) >= 11 is 0. The maximum atomic E-state index is 5.21. The summed E-state index contributed by atoms with van der Waals surface area (Å²) in [5.41, 5.74) is 0. The van der Waals surface area contributed by atoms with Crippen molar-refractivity contribution in [2.45, 2.75) is 18.9 Å². The molecule has 0 aliphatic carbocycles. The molecule has 0 bridgehead atoms. The summed E-state index contributed by atoms with van der Waals surface area (Å²) in [6.07, 6.45) is 2.75. The van der Waals surface area contributed by atoms with Crippen LogP contribution in [0.5, 0.6) is 0 Å². The molecule has 1 aliphatic heterocycles. The Labute approximate surface area is 66.9 Å². The molecule has 0 saturated carbocycles. The van der Waals surface area contributed by atoms with Crippen molar-refractivity contribution in [3.8, 4) is 0 Å². The van der Waals surface area contributed by atoms with Crippen LogP contribution in [0.4, 0.5) is 0 Å². The van der Waals surface area contributed by atoms with Crippen molar-refractivity contribution in [3.63, 3.8) is 0 Å². The molecule has 42 valence electrons. The van der Waals surface area contributed by atoms with E-state index in [9.17, 15) is 0 Å². The van der Waals surface area contributed by atoms with Crippen molar-refractivity contribution in [3.05, 3.63) is 0 Å². The van der Waals surface area contributed by atoms with Gasteiger partial charge in [-0.1, -0.05) is 6.42 Å². The van der Waals surface area contributed by atoms with Crippen LogP contribution in [0, 0.1) is 0 Å². The SMILES string of the molecule is C1CC[SiH2]OC1.[PbH2]. The quantitative estimate of drug-likeness (QED) is 0.542. The van der Waals surface area contributed by atoms with Crippen molar-refractivity contribution >= 4 is 37.1 Å². The molecule has 0 spiro atoms. The zero-order valence-corrected chi connectivity index (χ0v) is 11.6. The first-order valence-electron chi connectivity index (χ1n) is 2.58. The topological polar surface area (TPSA) is 9.23 Å². The first-order chi connectivity index (χ1) is 3.00. The van der Waals surface area contributed by atoms with E-state index in [2.05, 4.69) is 0 Å². The van der Waals surface area contributed by atoms with Crippen molar-refractivity contribution in [1.82, 2.24) is 0 Å². The number of rotatable bonds is 0. The Morgan fingerprint density at radius 1 is 1.29 bits per heavy atom. The van der Waals surface area contributed by atoms with Crippen LogP contribution in [0.1, 0.15) is 12.8 Å². The number of hydrogen-bond acceptors (Lipinski definition) is 1. The predicted molar refractivity (Wildman–Crippen MR) is 37.1 cm³/mol. The van der Waals surface area contributed by atoms with Crippen LogP contribution in [-0.4, -0.2) is 43.7 Å². The van der Waals surface area contributed by atoms with E-state index in [1.165, 1.54) is 18.9 Å². The fraction of sp³-hybridized carbons (Fsp3) is 1.00. The van der Waals surface area contributed by atoms with Crippen LogP contribution in [0.2, 0.25) is 6.04 Å².